The summed E-state index contributed by atoms with van der Waals surface area (Å²) < 4.78 is 53.3. The van der Waals surface area contributed by atoms with Crippen LogP contribution in [-0.4, -0.2) is 25.9 Å². The lowest BCUT2D eigenvalue weighted by molar-refractivity contribution is -0.274. The minimum atomic E-state index is -4.63. The molecule has 1 aromatic rings. The zero-order chi connectivity index (χ0) is 23.3. The number of benzene rings is 1. The number of hydrogen-bond donors (Lipinski definition) is 0. The Kier molecular flexibility index (Phi) is 8.61. The van der Waals surface area contributed by atoms with E-state index >= 15 is 0 Å². The van der Waals surface area contributed by atoms with Crippen molar-refractivity contribution in [1.29, 1.82) is 0 Å². The molecule has 1 aromatic carbocycles. The minimum Gasteiger partial charge on any atom is -0.406 e. The van der Waals surface area contributed by atoms with Crippen LogP contribution in [0.15, 0.2) is 24.3 Å². The second-order valence-electron chi connectivity index (χ2n) is 10.4. The van der Waals surface area contributed by atoms with Crippen LogP contribution in [0.5, 0.6) is 5.75 Å². The maximum atomic E-state index is 12.4. The lowest BCUT2D eigenvalue weighted by Gasteiger charge is -2.41. The predicted molar refractivity (Wildman–Crippen MR) is 122 cm³/mol. The molecular formula is C27H39F3O3. The molecule has 0 aromatic heterocycles. The molecule has 4 rings (SSSR count). The standard InChI is InChI=1S/C27H39F3O3/c1-2-3-4-19-17-31-26(32-18-19)24-11-9-22(10-12-24)20-5-7-21(8-6-20)23-13-15-25(16-14-23)33-27(28,29)30/h13-16,19-22,24,26H,2-12,17-18H2,1H3. The third-order valence-electron chi connectivity index (χ3n) is 8.18. The number of hydrogen-bond acceptors (Lipinski definition) is 3. The van der Waals surface area contributed by atoms with Crippen molar-refractivity contribution in [3.8, 4) is 5.75 Å². The highest BCUT2D eigenvalue weighted by molar-refractivity contribution is 5.29. The van der Waals surface area contributed by atoms with Crippen LogP contribution in [0.1, 0.15) is 89.0 Å². The Morgan fingerprint density at radius 3 is 1.91 bits per heavy atom. The van der Waals surface area contributed by atoms with Crippen molar-refractivity contribution < 1.29 is 27.4 Å². The third kappa shape index (κ3) is 7.11. The molecule has 186 valence electrons. The average molecular weight is 469 g/mol. The van der Waals surface area contributed by atoms with E-state index in [1.54, 1.807) is 12.1 Å². The first-order chi connectivity index (χ1) is 15.9. The summed E-state index contributed by atoms with van der Waals surface area (Å²) in [6.07, 6.45) is 8.70. The van der Waals surface area contributed by atoms with Crippen LogP contribution in [0.2, 0.25) is 0 Å². The fraction of sp³-hybridized carbons (Fsp3) is 0.778. The zero-order valence-electron chi connectivity index (χ0n) is 19.8. The molecule has 0 amide bonds. The van der Waals surface area contributed by atoms with E-state index in [-0.39, 0.29) is 12.0 Å². The summed E-state index contributed by atoms with van der Waals surface area (Å²) in [5.74, 6) is 3.00. The third-order valence-corrected chi connectivity index (χ3v) is 8.18. The van der Waals surface area contributed by atoms with Crippen LogP contribution < -0.4 is 4.74 Å². The summed E-state index contributed by atoms with van der Waals surface area (Å²) in [6.45, 7) is 3.95. The van der Waals surface area contributed by atoms with Crippen LogP contribution in [0.4, 0.5) is 13.2 Å². The lowest BCUT2D eigenvalue weighted by atomic mass is 9.68. The molecule has 1 saturated heterocycles. The fourth-order valence-electron chi connectivity index (χ4n) is 6.24. The Balaban J connectivity index is 1.17. The molecule has 2 saturated carbocycles. The molecule has 2 aliphatic carbocycles. The molecule has 3 fully saturated rings. The fourth-order valence-corrected chi connectivity index (χ4v) is 6.24. The molecule has 3 nitrogen and oxygen atoms in total. The van der Waals surface area contributed by atoms with Gasteiger partial charge in [0.2, 0.25) is 0 Å². The van der Waals surface area contributed by atoms with Gasteiger partial charge in [-0.25, -0.2) is 0 Å². The molecule has 0 spiro atoms. The number of unbranched alkanes of at least 4 members (excludes halogenated alkanes) is 1. The van der Waals surface area contributed by atoms with Gasteiger partial charge in [-0.2, -0.15) is 0 Å². The van der Waals surface area contributed by atoms with Gasteiger partial charge in [-0.3, -0.25) is 0 Å². The van der Waals surface area contributed by atoms with Gasteiger partial charge in [-0.15, -0.1) is 13.2 Å². The van der Waals surface area contributed by atoms with E-state index in [4.69, 9.17) is 9.47 Å². The van der Waals surface area contributed by atoms with Crippen LogP contribution in [0.3, 0.4) is 0 Å². The molecule has 6 heteroatoms. The van der Waals surface area contributed by atoms with E-state index < -0.39 is 6.36 Å². The second kappa shape index (κ2) is 11.4. The van der Waals surface area contributed by atoms with E-state index in [1.807, 2.05) is 0 Å². The van der Waals surface area contributed by atoms with Gasteiger partial charge >= 0.3 is 6.36 Å². The summed E-state index contributed by atoms with van der Waals surface area (Å²) in [5.41, 5.74) is 1.13. The maximum absolute atomic E-state index is 12.4. The molecule has 0 bridgehead atoms. The van der Waals surface area contributed by atoms with Gasteiger partial charge in [-0.1, -0.05) is 31.9 Å². The smallest absolute Gasteiger partial charge is 0.406 e. The highest BCUT2D eigenvalue weighted by Gasteiger charge is 2.36. The van der Waals surface area contributed by atoms with Gasteiger partial charge < -0.3 is 14.2 Å². The molecule has 33 heavy (non-hydrogen) atoms. The Labute approximate surface area is 196 Å². The normalized spacial score (nSPS) is 33.6. The number of rotatable bonds is 7. The second-order valence-corrected chi connectivity index (χ2v) is 10.4. The summed E-state index contributed by atoms with van der Waals surface area (Å²) in [6, 6.07) is 6.48. The number of ether oxygens (including phenoxy) is 3. The van der Waals surface area contributed by atoms with Crippen molar-refractivity contribution in [2.24, 2.45) is 23.7 Å². The van der Waals surface area contributed by atoms with Gasteiger partial charge in [0.15, 0.2) is 6.29 Å². The zero-order valence-corrected chi connectivity index (χ0v) is 19.8. The Bertz CT molecular complexity index is 696. The first kappa shape index (κ1) is 24.8. The first-order valence-corrected chi connectivity index (χ1v) is 13.0. The molecule has 0 radical (unpaired) electrons. The minimum absolute atomic E-state index is 0.00357. The van der Waals surface area contributed by atoms with E-state index in [0.29, 0.717) is 17.8 Å². The van der Waals surface area contributed by atoms with Gasteiger partial charge in [0.25, 0.3) is 0 Å². The van der Waals surface area contributed by atoms with E-state index in [1.165, 1.54) is 69.9 Å². The number of halogens is 3. The van der Waals surface area contributed by atoms with E-state index in [0.717, 1.165) is 43.5 Å². The summed E-state index contributed by atoms with van der Waals surface area (Å²) in [4.78, 5) is 0. The molecule has 0 N–H and O–H groups in total. The highest BCUT2D eigenvalue weighted by Crippen LogP contribution is 2.45. The largest absolute Gasteiger partial charge is 0.573 e. The molecule has 1 heterocycles. The molecule has 3 aliphatic rings. The monoisotopic (exact) mass is 468 g/mol. The lowest BCUT2D eigenvalue weighted by Crippen LogP contribution is -2.39. The van der Waals surface area contributed by atoms with Crippen LogP contribution >= 0.6 is 0 Å². The van der Waals surface area contributed by atoms with Crippen molar-refractivity contribution in [3.05, 3.63) is 29.8 Å². The van der Waals surface area contributed by atoms with Crippen molar-refractivity contribution >= 4 is 0 Å². The van der Waals surface area contributed by atoms with Crippen molar-refractivity contribution in [2.75, 3.05) is 13.2 Å². The average Bonchev–Trinajstić information content (AvgIpc) is 2.83. The Morgan fingerprint density at radius 2 is 1.36 bits per heavy atom. The van der Waals surface area contributed by atoms with Gasteiger partial charge in [-0.05, 0) is 93.2 Å². The SMILES string of the molecule is CCCCC1COC(C2CCC(C3CCC(c4ccc(OC(F)(F)F)cc4)CC3)CC2)OC1. The molecule has 1 aliphatic heterocycles. The van der Waals surface area contributed by atoms with Crippen LogP contribution in [0, 0.1) is 23.7 Å². The van der Waals surface area contributed by atoms with Gasteiger partial charge in [0.05, 0.1) is 13.2 Å². The Morgan fingerprint density at radius 1 is 0.818 bits per heavy atom. The predicted octanol–water partition coefficient (Wildman–Crippen LogP) is 7.84. The topological polar surface area (TPSA) is 27.7 Å². The summed E-state index contributed by atoms with van der Waals surface area (Å²) in [5, 5.41) is 0. The summed E-state index contributed by atoms with van der Waals surface area (Å²) in [7, 11) is 0. The van der Waals surface area contributed by atoms with E-state index in [9.17, 15) is 13.2 Å². The highest BCUT2D eigenvalue weighted by atomic mass is 19.4. The number of alkyl halides is 3. The van der Waals surface area contributed by atoms with Crippen molar-refractivity contribution in [1.82, 2.24) is 0 Å². The first-order valence-electron chi connectivity index (χ1n) is 13.0. The molecule has 0 unspecified atom stereocenters. The van der Waals surface area contributed by atoms with Gasteiger partial charge in [0, 0.05) is 11.8 Å². The van der Waals surface area contributed by atoms with Crippen molar-refractivity contribution in [2.45, 2.75) is 96.1 Å². The Hall–Kier alpha value is -1.27. The van der Waals surface area contributed by atoms with E-state index in [2.05, 4.69) is 11.7 Å². The van der Waals surface area contributed by atoms with Crippen LogP contribution in [-0.2, 0) is 9.47 Å². The molecule has 0 atom stereocenters. The quantitative estimate of drug-likeness (QED) is 0.408. The van der Waals surface area contributed by atoms with Crippen LogP contribution in [0.25, 0.3) is 0 Å². The summed E-state index contributed by atoms with van der Waals surface area (Å²) >= 11 is 0. The van der Waals surface area contributed by atoms with Gasteiger partial charge in [0.1, 0.15) is 5.75 Å². The maximum Gasteiger partial charge on any atom is 0.573 e. The molecular weight excluding hydrogens is 429 g/mol. The van der Waals surface area contributed by atoms with Crippen molar-refractivity contribution in [3.63, 3.8) is 0 Å².